The first kappa shape index (κ1) is 8.72. The van der Waals surface area contributed by atoms with E-state index in [1.165, 1.54) is 6.42 Å². The zero-order valence-corrected chi connectivity index (χ0v) is 8.67. The van der Waals surface area contributed by atoms with Crippen molar-refractivity contribution in [1.82, 2.24) is 0 Å². The fourth-order valence-electron chi connectivity index (χ4n) is 4.23. The molecule has 4 atom stereocenters. The van der Waals surface area contributed by atoms with Crippen molar-refractivity contribution in [2.75, 3.05) is 6.61 Å². The topological polar surface area (TPSA) is 46.5 Å². The summed E-state index contributed by atoms with van der Waals surface area (Å²) in [6, 6.07) is 0. The molecule has 0 aromatic heterocycles. The Morgan fingerprint density at radius 3 is 2.64 bits per heavy atom. The van der Waals surface area contributed by atoms with Crippen LogP contribution in [0.25, 0.3) is 0 Å². The van der Waals surface area contributed by atoms with Crippen LogP contribution in [0.3, 0.4) is 0 Å². The van der Waals surface area contributed by atoms with Crippen molar-refractivity contribution in [2.24, 2.45) is 16.7 Å². The average molecular weight is 196 g/mol. The summed E-state index contributed by atoms with van der Waals surface area (Å²) in [5.41, 5.74) is -0.868. The second-order valence-electron chi connectivity index (χ2n) is 5.61. The van der Waals surface area contributed by atoms with Crippen molar-refractivity contribution in [1.29, 1.82) is 0 Å². The number of carbonyl (C=O) groups is 1. The van der Waals surface area contributed by atoms with Crippen molar-refractivity contribution in [3.05, 3.63) is 0 Å². The van der Waals surface area contributed by atoms with Crippen molar-refractivity contribution in [3.8, 4) is 0 Å². The molecule has 14 heavy (non-hydrogen) atoms. The van der Waals surface area contributed by atoms with Gasteiger partial charge in [-0.3, -0.25) is 0 Å². The van der Waals surface area contributed by atoms with Crippen LogP contribution in [0, 0.1) is 16.7 Å². The molecular weight excluding hydrogens is 180 g/mol. The average Bonchev–Trinajstić information content (AvgIpc) is 2.58. The number of hydrogen-bond acceptors (Lipinski definition) is 2. The van der Waals surface area contributed by atoms with Gasteiger partial charge in [0.25, 0.3) is 0 Å². The van der Waals surface area contributed by atoms with Gasteiger partial charge in [0, 0.05) is 10.8 Å². The molecule has 0 unspecified atom stereocenters. The van der Waals surface area contributed by atoms with Gasteiger partial charge in [-0.2, -0.15) is 0 Å². The Balaban J connectivity index is 2.18. The molecular formula is C11H16O3. The highest BCUT2D eigenvalue weighted by Crippen LogP contribution is 2.74. The maximum Gasteiger partial charge on any atom is 0.336 e. The highest BCUT2D eigenvalue weighted by Gasteiger charge is 2.78. The lowest BCUT2D eigenvalue weighted by atomic mass is 9.66. The van der Waals surface area contributed by atoms with Crippen LogP contribution in [0.2, 0.25) is 0 Å². The lowest BCUT2D eigenvalue weighted by Gasteiger charge is -2.37. The van der Waals surface area contributed by atoms with Crippen molar-refractivity contribution in [2.45, 2.75) is 38.7 Å². The van der Waals surface area contributed by atoms with Crippen LogP contribution in [0.5, 0.6) is 0 Å². The molecule has 1 saturated heterocycles. The van der Waals surface area contributed by atoms with Gasteiger partial charge in [0.1, 0.15) is 0 Å². The first-order valence-corrected chi connectivity index (χ1v) is 5.34. The number of carboxylic acid groups (broad SMARTS) is 1. The van der Waals surface area contributed by atoms with Crippen LogP contribution < -0.4 is 0 Å². The van der Waals surface area contributed by atoms with E-state index in [1.54, 1.807) is 0 Å². The Kier molecular flexibility index (Phi) is 1.25. The van der Waals surface area contributed by atoms with E-state index < -0.39 is 11.6 Å². The lowest BCUT2D eigenvalue weighted by Crippen LogP contribution is -2.49. The van der Waals surface area contributed by atoms with Crippen molar-refractivity contribution >= 4 is 5.97 Å². The Labute approximate surface area is 83.4 Å². The van der Waals surface area contributed by atoms with Gasteiger partial charge in [-0.25, -0.2) is 4.79 Å². The first-order valence-electron chi connectivity index (χ1n) is 5.34. The van der Waals surface area contributed by atoms with Crippen LogP contribution in [0.1, 0.15) is 33.1 Å². The predicted octanol–water partition coefficient (Wildman–Crippen LogP) is 1.67. The quantitative estimate of drug-likeness (QED) is 0.693. The second kappa shape index (κ2) is 2.01. The first-order chi connectivity index (χ1) is 6.46. The SMILES string of the molecule is C[C@]12CC[C@@H]3C[C@]1(C(=O)O)OC[C@@]32C. The third kappa shape index (κ3) is 0.553. The van der Waals surface area contributed by atoms with E-state index in [-0.39, 0.29) is 10.8 Å². The number of aliphatic carboxylic acids is 1. The van der Waals surface area contributed by atoms with Gasteiger partial charge in [-0.05, 0) is 25.2 Å². The molecule has 0 aromatic rings. The minimum Gasteiger partial charge on any atom is -0.479 e. The molecule has 3 nitrogen and oxygen atoms in total. The molecule has 3 rings (SSSR count). The smallest absolute Gasteiger partial charge is 0.336 e. The Hall–Kier alpha value is -0.570. The molecule has 1 N–H and O–H groups in total. The van der Waals surface area contributed by atoms with Crippen LogP contribution in [0.4, 0.5) is 0 Å². The minimum absolute atomic E-state index is 0.116. The Morgan fingerprint density at radius 1 is 1.50 bits per heavy atom. The van der Waals surface area contributed by atoms with E-state index in [4.69, 9.17) is 4.74 Å². The maximum absolute atomic E-state index is 11.4. The molecule has 0 amide bonds. The van der Waals surface area contributed by atoms with Gasteiger partial charge in [0.2, 0.25) is 0 Å². The molecule has 3 heteroatoms. The molecule has 2 aliphatic carbocycles. The molecule has 78 valence electrons. The van der Waals surface area contributed by atoms with Gasteiger partial charge in [-0.1, -0.05) is 13.8 Å². The fourth-order valence-corrected chi connectivity index (χ4v) is 4.23. The third-order valence-corrected chi connectivity index (χ3v) is 5.54. The van der Waals surface area contributed by atoms with Crippen LogP contribution in [0.15, 0.2) is 0 Å². The van der Waals surface area contributed by atoms with E-state index in [0.717, 1.165) is 12.8 Å². The van der Waals surface area contributed by atoms with E-state index >= 15 is 0 Å². The van der Waals surface area contributed by atoms with Gasteiger partial charge < -0.3 is 9.84 Å². The lowest BCUT2D eigenvalue weighted by molar-refractivity contribution is -0.174. The minimum atomic E-state index is -0.856. The van der Waals surface area contributed by atoms with E-state index in [0.29, 0.717) is 12.5 Å². The largest absolute Gasteiger partial charge is 0.479 e. The molecule has 3 fully saturated rings. The molecule has 3 aliphatic rings. The Bertz CT molecular complexity index is 326. The molecule has 0 aromatic carbocycles. The number of hydrogen-bond donors (Lipinski definition) is 1. The summed E-state index contributed by atoms with van der Waals surface area (Å²) >= 11 is 0. The fraction of sp³-hybridized carbons (Fsp3) is 0.909. The zero-order chi connectivity index (χ0) is 10.2. The number of carboxylic acids is 1. The molecule has 2 saturated carbocycles. The summed E-state index contributed by atoms with van der Waals surface area (Å²) in [6.07, 6.45) is 2.93. The van der Waals surface area contributed by atoms with Crippen LogP contribution in [-0.4, -0.2) is 23.3 Å². The third-order valence-electron chi connectivity index (χ3n) is 5.54. The van der Waals surface area contributed by atoms with Crippen LogP contribution in [-0.2, 0) is 9.53 Å². The van der Waals surface area contributed by atoms with Gasteiger partial charge in [0.05, 0.1) is 6.61 Å². The molecule has 0 radical (unpaired) electrons. The zero-order valence-electron chi connectivity index (χ0n) is 8.67. The van der Waals surface area contributed by atoms with E-state index in [1.807, 2.05) is 0 Å². The molecule has 0 spiro atoms. The summed E-state index contributed by atoms with van der Waals surface area (Å²) in [7, 11) is 0. The summed E-state index contributed by atoms with van der Waals surface area (Å²) in [5.74, 6) is -0.178. The van der Waals surface area contributed by atoms with Gasteiger partial charge in [0.15, 0.2) is 5.60 Å². The standard InChI is InChI=1S/C11H16O3/c1-9-6-14-11(8(12)13)5-7(9)3-4-10(9,11)2/h7H,3-6H2,1-2H3,(H,12,13)/t7-,9+,10-,11-/m1/s1. The molecule has 1 heterocycles. The highest BCUT2D eigenvalue weighted by molar-refractivity contribution is 5.81. The van der Waals surface area contributed by atoms with Crippen molar-refractivity contribution < 1.29 is 14.6 Å². The predicted molar refractivity (Wildman–Crippen MR) is 49.9 cm³/mol. The summed E-state index contributed by atoms with van der Waals surface area (Å²) in [6.45, 7) is 4.96. The van der Waals surface area contributed by atoms with Gasteiger partial charge in [-0.15, -0.1) is 0 Å². The number of rotatable bonds is 1. The van der Waals surface area contributed by atoms with E-state index in [2.05, 4.69) is 13.8 Å². The second-order valence-corrected chi connectivity index (χ2v) is 5.61. The molecule has 1 aliphatic heterocycles. The van der Waals surface area contributed by atoms with Crippen LogP contribution >= 0.6 is 0 Å². The van der Waals surface area contributed by atoms with Gasteiger partial charge >= 0.3 is 5.97 Å². The monoisotopic (exact) mass is 196 g/mol. The Morgan fingerprint density at radius 2 is 2.21 bits per heavy atom. The normalized spacial score (nSPS) is 59.4. The van der Waals surface area contributed by atoms with E-state index in [9.17, 15) is 9.90 Å². The molecule has 4 bridgehead atoms. The summed E-state index contributed by atoms with van der Waals surface area (Å²) in [4.78, 5) is 11.4. The highest BCUT2D eigenvalue weighted by atomic mass is 16.5. The summed E-state index contributed by atoms with van der Waals surface area (Å²) < 4.78 is 5.64. The summed E-state index contributed by atoms with van der Waals surface area (Å²) in [5, 5.41) is 9.37. The number of ether oxygens (including phenoxy) is 1. The van der Waals surface area contributed by atoms with Crippen molar-refractivity contribution in [3.63, 3.8) is 0 Å². The maximum atomic E-state index is 11.4.